The molecule has 0 fully saturated rings. The van der Waals surface area contributed by atoms with Crippen molar-refractivity contribution >= 4 is 17.9 Å². The first kappa shape index (κ1) is 58.4. The van der Waals surface area contributed by atoms with Crippen LogP contribution in [0.25, 0.3) is 0 Å². The highest BCUT2D eigenvalue weighted by molar-refractivity contribution is 5.71. The van der Waals surface area contributed by atoms with E-state index in [9.17, 15) is 14.4 Å². The van der Waals surface area contributed by atoms with Gasteiger partial charge in [-0.1, -0.05) is 265 Å². The highest BCUT2D eigenvalue weighted by atomic mass is 16.6. The molecule has 356 valence electrons. The van der Waals surface area contributed by atoms with Crippen LogP contribution in [-0.2, 0) is 28.6 Å². The quantitative estimate of drug-likeness (QED) is 0.0345. The van der Waals surface area contributed by atoms with Gasteiger partial charge < -0.3 is 14.2 Å². The first-order chi connectivity index (χ1) is 29.4. The lowest BCUT2D eigenvalue weighted by molar-refractivity contribution is -0.167. The first-order valence-electron chi connectivity index (χ1n) is 26.9. The van der Waals surface area contributed by atoms with Gasteiger partial charge in [0.05, 0.1) is 0 Å². The summed E-state index contributed by atoms with van der Waals surface area (Å²) >= 11 is 0. The second-order valence-electron chi connectivity index (χ2n) is 18.8. The van der Waals surface area contributed by atoms with Gasteiger partial charge in [-0.3, -0.25) is 14.4 Å². The van der Waals surface area contributed by atoms with E-state index in [0.717, 1.165) is 63.7 Å². The van der Waals surface area contributed by atoms with Gasteiger partial charge in [-0.2, -0.15) is 0 Å². The van der Waals surface area contributed by atoms with Crippen LogP contribution in [0.3, 0.4) is 0 Å². The maximum atomic E-state index is 12.8. The van der Waals surface area contributed by atoms with E-state index < -0.39 is 6.10 Å². The molecule has 0 aliphatic rings. The van der Waals surface area contributed by atoms with Crippen molar-refractivity contribution in [2.45, 2.75) is 310 Å². The van der Waals surface area contributed by atoms with Crippen LogP contribution in [0.15, 0.2) is 0 Å². The minimum absolute atomic E-state index is 0.0625. The summed E-state index contributed by atoms with van der Waals surface area (Å²) in [5.41, 5.74) is 0. The Morgan fingerprint density at radius 1 is 0.333 bits per heavy atom. The number of unbranched alkanes of at least 4 members (excludes halogenated alkanes) is 35. The number of rotatable bonds is 49. The third kappa shape index (κ3) is 45.9. The molecule has 0 N–H and O–H groups in total. The summed E-state index contributed by atoms with van der Waals surface area (Å²) in [5.74, 6) is 0.0261. The monoisotopic (exact) mass is 849 g/mol. The lowest BCUT2D eigenvalue weighted by Gasteiger charge is -2.18. The zero-order valence-electron chi connectivity index (χ0n) is 40.9. The second-order valence-corrected chi connectivity index (χ2v) is 18.8. The van der Waals surface area contributed by atoms with Crippen molar-refractivity contribution in [2.24, 2.45) is 5.92 Å². The molecule has 6 nitrogen and oxygen atoms in total. The van der Waals surface area contributed by atoms with Gasteiger partial charge >= 0.3 is 17.9 Å². The standard InChI is InChI=1S/C54H104O6/c1-5-8-10-12-14-16-18-20-21-23-25-30-34-38-42-46-53(56)59-49-51(48-58-52(55)45-41-37-33-29-24-22-19-17-15-13-11-9-6-2)60-54(57)47-43-39-35-31-27-26-28-32-36-40-44-50(4)7-3/h50-51H,5-49H2,1-4H3/t50?,51-/m0/s1. The maximum absolute atomic E-state index is 12.8. The highest BCUT2D eigenvalue weighted by Gasteiger charge is 2.19. The van der Waals surface area contributed by atoms with Crippen LogP contribution in [-0.4, -0.2) is 37.2 Å². The van der Waals surface area contributed by atoms with Crippen LogP contribution in [0.2, 0.25) is 0 Å². The summed E-state index contributed by atoms with van der Waals surface area (Å²) in [4.78, 5) is 38.0. The van der Waals surface area contributed by atoms with Crippen LogP contribution < -0.4 is 0 Å². The SMILES string of the molecule is CCCCCCCCCCCCCCCCCC(=O)OC[C@H](COC(=O)CCCCCCCCCCCCCCC)OC(=O)CCCCCCCCCCCCC(C)CC. The Morgan fingerprint density at radius 2 is 0.583 bits per heavy atom. The molecule has 0 aromatic heterocycles. The van der Waals surface area contributed by atoms with Gasteiger partial charge in [-0.15, -0.1) is 0 Å². The molecule has 0 amide bonds. The Labute approximate surface area is 374 Å². The van der Waals surface area contributed by atoms with Gasteiger partial charge in [0, 0.05) is 19.3 Å². The van der Waals surface area contributed by atoms with E-state index in [1.165, 1.54) is 199 Å². The van der Waals surface area contributed by atoms with Crippen LogP contribution >= 0.6 is 0 Å². The van der Waals surface area contributed by atoms with E-state index in [2.05, 4.69) is 27.7 Å². The molecule has 0 saturated heterocycles. The Bertz CT molecular complexity index is 905. The summed E-state index contributed by atoms with van der Waals surface area (Å²) in [7, 11) is 0. The van der Waals surface area contributed by atoms with Crippen LogP contribution in [0.5, 0.6) is 0 Å². The molecule has 0 rings (SSSR count). The van der Waals surface area contributed by atoms with Crippen molar-refractivity contribution in [3.8, 4) is 0 Å². The Morgan fingerprint density at radius 3 is 0.867 bits per heavy atom. The van der Waals surface area contributed by atoms with E-state index in [1.54, 1.807) is 0 Å². The molecule has 0 bridgehead atoms. The molecule has 0 aromatic carbocycles. The minimum Gasteiger partial charge on any atom is -0.462 e. The first-order valence-corrected chi connectivity index (χ1v) is 26.9. The summed E-state index contributed by atoms with van der Waals surface area (Å²) in [5, 5.41) is 0. The smallest absolute Gasteiger partial charge is 0.306 e. The van der Waals surface area contributed by atoms with Crippen LogP contribution in [0.1, 0.15) is 304 Å². The van der Waals surface area contributed by atoms with Crippen molar-refractivity contribution in [2.75, 3.05) is 13.2 Å². The molecular formula is C54H104O6. The summed E-state index contributed by atoms with van der Waals surface area (Å²) in [6.07, 6.45) is 50.7. The average molecular weight is 849 g/mol. The van der Waals surface area contributed by atoms with E-state index in [0.29, 0.717) is 19.3 Å². The van der Waals surface area contributed by atoms with Gasteiger partial charge in [-0.05, 0) is 25.2 Å². The highest BCUT2D eigenvalue weighted by Crippen LogP contribution is 2.18. The second kappa shape index (κ2) is 48.4. The molecule has 0 radical (unpaired) electrons. The molecule has 6 heteroatoms. The molecule has 0 saturated carbocycles. The molecule has 1 unspecified atom stereocenters. The minimum atomic E-state index is -0.761. The zero-order chi connectivity index (χ0) is 43.8. The third-order valence-corrected chi connectivity index (χ3v) is 12.7. The van der Waals surface area contributed by atoms with Crippen LogP contribution in [0, 0.1) is 5.92 Å². The topological polar surface area (TPSA) is 78.9 Å². The molecule has 2 atom stereocenters. The van der Waals surface area contributed by atoms with Crippen molar-refractivity contribution in [3.63, 3.8) is 0 Å². The zero-order valence-corrected chi connectivity index (χ0v) is 40.9. The Kier molecular flexibility index (Phi) is 47.2. The molecule has 0 aliphatic carbocycles. The van der Waals surface area contributed by atoms with Crippen LogP contribution in [0.4, 0.5) is 0 Å². The number of esters is 3. The van der Waals surface area contributed by atoms with E-state index in [4.69, 9.17) is 14.2 Å². The average Bonchev–Trinajstić information content (AvgIpc) is 3.25. The fourth-order valence-electron chi connectivity index (χ4n) is 8.19. The van der Waals surface area contributed by atoms with Crippen molar-refractivity contribution < 1.29 is 28.6 Å². The Hall–Kier alpha value is -1.59. The lowest BCUT2D eigenvalue weighted by atomic mass is 9.99. The molecule has 60 heavy (non-hydrogen) atoms. The molecular weight excluding hydrogens is 745 g/mol. The summed E-state index contributed by atoms with van der Waals surface area (Å²) in [6.45, 7) is 9.06. The van der Waals surface area contributed by atoms with Crippen molar-refractivity contribution in [3.05, 3.63) is 0 Å². The number of carbonyl (C=O) groups excluding carboxylic acids is 3. The van der Waals surface area contributed by atoms with Gasteiger partial charge in [0.15, 0.2) is 6.10 Å². The van der Waals surface area contributed by atoms with Gasteiger partial charge in [0.2, 0.25) is 0 Å². The molecule has 0 spiro atoms. The fourth-order valence-corrected chi connectivity index (χ4v) is 8.19. The van der Waals surface area contributed by atoms with E-state index in [1.807, 2.05) is 0 Å². The van der Waals surface area contributed by atoms with E-state index in [-0.39, 0.29) is 31.1 Å². The third-order valence-electron chi connectivity index (χ3n) is 12.7. The van der Waals surface area contributed by atoms with Gasteiger partial charge in [0.1, 0.15) is 13.2 Å². The molecule has 0 aliphatic heterocycles. The Balaban J connectivity index is 4.31. The van der Waals surface area contributed by atoms with E-state index >= 15 is 0 Å². The predicted molar refractivity (Wildman–Crippen MR) is 257 cm³/mol. The molecule has 0 heterocycles. The fraction of sp³-hybridized carbons (Fsp3) is 0.944. The normalized spacial score (nSPS) is 12.4. The largest absolute Gasteiger partial charge is 0.462 e. The van der Waals surface area contributed by atoms with Crippen molar-refractivity contribution in [1.29, 1.82) is 0 Å². The number of hydrogen-bond acceptors (Lipinski definition) is 6. The number of hydrogen-bond donors (Lipinski definition) is 0. The summed E-state index contributed by atoms with van der Waals surface area (Å²) < 4.78 is 16.8. The molecule has 0 aromatic rings. The maximum Gasteiger partial charge on any atom is 0.306 e. The van der Waals surface area contributed by atoms with Crippen molar-refractivity contribution in [1.82, 2.24) is 0 Å². The van der Waals surface area contributed by atoms with Gasteiger partial charge in [0.25, 0.3) is 0 Å². The summed E-state index contributed by atoms with van der Waals surface area (Å²) in [6, 6.07) is 0. The number of carbonyl (C=O) groups is 3. The predicted octanol–water partition coefficient (Wildman–Crippen LogP) is 17.5. The lowest BCUT2D eigenvalue weighted by Crippen LogP contribution is -2.30. The van der Waals surface area contributed by atoms with Gasteiger partial charge in [-0.25, -0.2) is 0 Å². The number of ether oxygens (including phenoxy) is 3.